The third-order valence-electron chi connectivity index (χ3n) is 0.694. The quantitative estimate of drug-likeness (QED) is 0.489. The zero-order valence-corrected chi connectivity index (χ0v) is 8.20. The van der Waals surface area contributed by atoms with E-state index >= 15 is 0 Å². The van der Waals surface area contributed by atoms with E-state index in [0.29, 0.717) is 3.65 Å². The predicted molar refractivity (Wildman–Crippen MR) is 41.3 cm³/mol. The molecule has 5 heteroatoms. The van der Waals surface area contributed by atoms with Gasteiger partial charge < -0.3 is 0 Å². The Hall–Kier alpha value is -0.0816. The fraction of sp³-hybridized carbons (Fsp3) is 0.500. The summed E-state index contributed by atoms with van der Waals surface area (Å²) in [5, 5.41) is 0. The van der Waals surface area contributed by atoms with Gasteiger partial charge in [0.05, 0.1) is 0 Å². The molecule has 0 spiro atoms. The maximum absolute atomic E-state index is 10.1. The van der Waals surface area contributed by atoms with Crippen molar-refractivity contribution < 1.29 is 9.53 Å². The van der Waals surface area contributed by atoms with Crippen LogP contribution in [0.5, 0.6) is 0 Å². The SMILES string of the molecule is C[C@H](OC(N)=O)C(=S)[AsH2]. The number of carbonyl (C=O) groups excluding carboxylic acids is 1. The van der Waals surface area contributed by atoms with Gasteiger partial charge in [-0.05, 0) is 0 Å². The fourth-order valence-electron chi connectivity index (χ4n) is 0.232. The van der Waals surface area contributed by atoms with Crippen LogP contribution in [0.15, 0.2) is 0 Å². The first-order valence-electron chi connectivity index (χ1n) is 2.29. The normalized spacial score (nSPS) is 12.2. The molecule has 1 unspecified atom stereocenters. The molecule has 0 saturated heterocycles. The van der Waals surface area contributed by atoms with Crippen molar-refractivity contribution in [2.75, 3.05) is 0 Å². The van der Waals surface area contributed by atoms with Crippen molar-refractivity contribution in [3.05, 3.63) is 0 Å². The summed E-state index contributed by atoms with van der Waals surface area (Å²) in [4.78, 5) is 10.1. The Morgan fingerprint density at radius 3 is 2.44 bits per heavy atom. The van der Waals surface area contributed by atoms with E-state index in [2.05, 4.69) is 4.74 Å². The molecule has 0 bridgehead atoms. The van der Waals surface area contributed by atoms with Crippen LogP contribution in [0.25, 0.3) is 0 Å². The second-order valence-corrected chi connectivity index (χ2v) is 4.14. The van der Waals surface area contributed by atoms with Gasteiger partial charge in [-0.3, -0.25) is 0 Å². The predicted octanol–water partition coefficient (Wildman–Crippen LogP) is -0.569. The van der Waals surface area contributed by atoms with Gasteiger partial charge in [0.2, 0.25) is 0 Å². The Morgan fingerprint density at radius 2 is 2.33 bits per heavy atom. The van der Waals surface area contributed by atoms with Gasteiger partial charge in [0.15, 0.2) is 0 Å². The molecule has 0 fully saturated rings. The standard InChI is InChI=1S/C4H8AsNO2S/c1-2(3(5)9)8-4(6)7/h2H,5H2,1H3,(H2,6,7)/t2-/m0/s1. The molecule has 0 saturated carbocycles. The second-order valence-electron chi connectivity index (χ2n) is 1.48. The van der Waals surface area contributed by atoms with E-state index in [1.807, 2.05) is 0 Å². The number of hydrogen-bond acceptors (Lipinski definition) is 3. The number of primary amides is 1. The molecule has 0 rings (SSSR count). The van der Waals surface area contributed by atoms with Crippen LogP contribution >= 0.6 is 12.2 Å². The first-order valence-corrected chi connectivity index (χ1v) is 3.91. The van der Waals surface area contributed by atoms with Crippen molar-refractivity contribution in [1.29, 1.82) is 0 Å². The van der Waals surface area contributed by atoms with E-state index in [0.717, 1.165) is 0 Å². The summed E-state index contributed by atoms with van der Waals surface area (Å²) in [7, 11) is 0. The molecule has 0 aromatic heterocycles. The molecule has 0 aromatic carbocycles. The van der Waals surface area contributed by atoms with Crippen molar-refractivity contribution in [2.45, 2.75) is 13.0 Å². The van der Waals surface area contributed by atoms with Gasteiger partial charge in [0.1, 0.15) is 0 Å². The molecule has 0 heterocycles. The molecule has 0 aliphatic carbocycles. The van der Waals surface area contributed by atoms with E-state index < -0.39 is 6.09 Å². The zero-order valence-electron chi connectivity index (χ0n) is 4.96. The summed E-state index contributed by atoms with van der Waals surface area (Å²) < 4.78 is 5.21. The molecule has 9 heavy (non-hydrogen) atoms. The van der Waals surface area contributed by atoms with Gasteiger partial charge in [0.25, 0.3) is 0 Å². The minimum atomic E-state index is -0.775. The number of nitrogens with two attached hydrogens (primary N) is 1. The molecule has 3 nitrogen and oxygen atoms in total. The average Bonchev–Trinajstić information content (AvgIpc) is 1.63. The molecule has 2 atom stereocenters. The summed E-state index contributed by atoms with van der Waals surface area (Å²) in [6.45, 7) is 1.69. The van der Waals surface area contributed by atoms with Crippen molar-refractivity contribution in [3.8, 4) is 0 Å². The van der Waals surface area contributed by atoms with Crippen LogP contribution in [0, 0.1) is 0 Å². The van der Waals surface area contributed by atoms with E-state index in [1.54, 1.807) is 6.92 Å². The van der Waals surface area contributed by atoms with Gasteiger partial charge >= 0.3 is 67.1 Å². The van der Waals surface area contributed by atoms with Gasteiger partial charge in [-0.15, -0.1) is 0 Å². The number of amides is 1. The van der Waals surface area contributed by atoms with Crippen molar-refractivity contribution in [3.63, 3.8) is 0 Å². The Balaban J connectivity index is 3.63. The first-order chi connectivity index (χ1) is 4.04. The number of rotatable bonds is 2. The van der Waals surface area contributed by atoms with Gasteiger partial charge in [-0.1, -0.05) is 0 Å². The van der Waals surface area contributed by atoms with Crippen molar-refractivity contribution in [1.82, 2.24) is 0 Å². The molecule has 0 aromatic rings. The Morgan fingerprint density at radius 1 is 1.89 bits per heavy atom. The molecule has 52 valence electrons. The minimum absolute atomic E-state index is 0.322. The van der Waals surface area contributed by atoms with Crippen LogP contribution in [0.4, 0.5) is 4.79 Å². The third-order valence-corrected chi connectivity index (χ3v) is 2.01. The van der Waals surface area contributed by atoms with Crippen LogP contribution < -0.4 is 5.73 Å². The van der Waals surface area contributed by atoms with E-state index in [-0.39, 0.29) is 6.10 Å². The topological polar surface area (TPSA) is 52.3 Å². The Bertz CT molecular complexity index is 139. The van der Waals surface area contributed by atoms with E-state index in [9.17, 15) is 4.79 Å². The van der Waals surface area contributed by atoms with Crippen LogP contribution in [0.1, 0.15) is 6.92 Å². The van der Waals surface area contributed by atoms with Crippen LogP contribution in [-0.4, -0.2) is 32.7 Å². The Kier molecular flexibility index (Phi) is 3.82. The summed E-state index contributed by atoms with van der Waals surface area (Å²) in [6, 6.07) is 0. The molecule has 0 aliphatic heterocycles. The van der Waals surface area contributed by atoms with Gasteiger partial charge in [-0.25, -0.2) is 0 Å². The molecule has 0 aliphatic rings. The number of ether oxygens (including phenoxy) is 1. The molecular weight excluding hydrogens is 201 g/mol. The van der Waals surface area contributed by atoms with E-state index in [4.69, 9.17) is 18.0 Å². The maximum atomic E-state index is 10.1. The number of carbonyl (C=O) groups is 1. The third kappa shape index (κ3) is 4.42. The summed E-state index contributed by atoms with van der Waals surface area (Å²) in [5.41, 5.74) is 4.72. The van der Waals surface area contributed by atoms with Crippen LogP contribution in [0.3, 0.4) is 0 Å². The van der Waals surface area contributed by atoms with Crippen LogP contribution in [0.2, 0.25) is 0 Å². The first kappa shape index (κ1) is 8.92. The van der Waals surface area contributed by atoms with Crippen molar-refractivity contribution in [2.24, 2.45) is 5.73 Å². The second kappa shape index (κ2) is 3.85. The number of hydrogen-bond donors (Lipinski definition) is 1. The number of thiocarbonyl (C=S) groups is 1. The molecular formula is C4H8AsNO2S. The molecule has 0 radical (unpaired) electrons. The van der Waals surface area contributed by atoms with Crippen molar-refractivity contribution >= 4 is 38.8 Å². The van der Waals surface area contributed by atoms with Gasteiger partial charge in [0, 0.05) is 0 Å². The average molecular weight is 209 g/mol. The van der Waals surface area contributed by atoms with Gasteiger partial charge in [-0.2, -0.15) is 0 Å². The van der Waals surface area contributed by atoms with Crippen LogP contribution in [-0.2, 0) is 4.74 Å². The zero-order chi connectivity index (χ0) is 7.44. The Labute approximate surface area is 67.4 Å². The molecule has 2 N–H and O–H groups in total. The monoisotopic (exact) mass is 209 g/mol. The summed E-state index contributed by atoms with van der Waals surface area (Å²) in [6.07, 6.45) is -1.10. The summed E-state index contributed by atoms with van der Waals surface area (Å²) >= 11 is 6.01. The van der Waals surface area contributed by atoms with E-state index in [1.165, 1.54) is 16.9 Å². The molecule has 1 amide bonds. The summed E-state index contributed by atoms with van der Waals surface area (Å²) in [5.74, 6) is 0. The fourth-order valence-corrected chi connectivity index (χ4v) is 0.423.